The number of Topliss-reactive ketones (excluding diaryl/α,β-unsaturated/α-hetero) is 1. The van der Waals surface area contributed by atoms with Crippen LogP contribution in [0.25, 0.3) is 0 Å². The molecule has 1 N–H and O–H groups in total. The molecule has 0 atom stereocenters. The number of aliphatic carboxylic acids is 1. The molecule has 0 aliphatic heterocycles. The van der Waals surface area contributed by atoms with Crippen molar-refractivity contribution >= 4 is 11.8 Å². The van der Waals surface area contributed by atoms with Gasteiger partial charge in [0.25, 0.3) is 0 Å². The van der Waals surface area contributed by atoms with E-state index >= 15 is 0 Å². The zero-order valence-electron chi connectivity index (χ0n) is 7.58. The SMILES string of the molecule is O=C(O)CCCC(=O)C1=CCCC1. The van der Waals surface area contributed by atoms with Gasteiger partial charge in [0, 0.05) is 12.8 Å². The second-order valence-corrected chi connectivity index (χ2v) is 3.29. The van der Waals surface area contributed by atoms with Crippen LogP contribution in [0.15, 0.2) is 11.6 Å². The molecule has 0 fully saturated rings. The first-order chi connectivity index (χ1) is 6.20. The van der Waals surface area contributed by atoms with Gasteiger partial charge in [-0.25, -0.2) is 0 Å². The summed E-state index contributed by atoms with van der Waals surface area (Å²) in [5, 5.41) is 8.37. The lowest BCUT2D eigenvalue weighted by molar-refractivity contribution is -0.137. The van der Waals surface area contributed by atoms with Crippen LogP contribution < -0.4 is 0 Å². The minimum atomic E-state index is -0.826. The van der Waals surface area contributed by atoms with E-state index in [1.54, 1.807) is 0 Å². The molecule has 0 unspecified atom stereocenters. The Morgan fingerprint density at radius 2 is 2.15 bits per heavy atom. The molecule has 3 nitrogen and oxygen atoms in total. The molecule has 0 aromatic heterocycles. The minimum absolute atomic E-state index is 0.0962. The summed E-state index contributed by atoms with van der Waals surface area (Å²) in [6.45, 7) is 0. The topological polar surface area (TPSA) is 54.4 Å². The smallest absolute Gasteiger partial charge is 0.303 e. The van der Waals surface area contributed by atoms with Gasteiger partial charge in [-0.15, -0.1) is 0 Å². The number of hydrogen-bond donors (Lipinski definition) is 1. The van der Waals surface area contributed by atoms with E-state index in [1.165, 1.54) is 0 Å². The van der Waals surface area contributed by atoms with Crippen molar-refractivity contribution in [3.63, 3.8) is 0 Å². The van der Waals surface area contributed by atoms with E-state index in [2.05, 4.69) is 0 Å². The van der Waals surface area contributed by atoms with Gasteiger partial charge in [-0.2, -0.15) is 0 Å². The average molecular weight is 182 g/mol. The third-order valence-electron chi connectivity index (χ3n) is 2.19. The number of allylic oxidation sites excluding steroid dienone is 2. The summed E-state index contributed by atoms with van der Waals surface area (Å²) in [6, 6.07) is 0. The quantitative estimate of drug-likeness (QED) is 0.706. The average Bonchev–Trinajstić information content (AvgIpc) is 2.55. The first-order valence-corrected chi connectivity index (χ1v) is 4.64. The first kappa shape index (κ1) is 9.96. The fourth-order valence-corrected chi connectivity index (χ4v) is 1.48. The summed E-state index contributed by atoms with van der Waals surface area (Å²) in [6.07, 6.45) is 5.87. The van der Waals surface area contributed by atoms with E-state index in [0.29, 0.717) is 12.8 Å². The Balaban J connectivity index is 2.21. The van der Waals surface area contributed by atoms with E-state index in [1.807, 2.05) is 6.08 Å². The molecule has 3 heteroatoms. The minimum Gasteiger partial charge on any atom is -0.481 e. The van der Waals surface area contributed by atoms with E-state index < -0.39 is 5.97 Å². The number of ketones is 1. The summed E-state index contributed by atoms with van der Waals surface area (Å²) < 4.78 is 0. The number of hydrogen-bond acceptors (Lipinski definition) is 2. The van der Waals surface area contributed by atoms with Gasteiger partial charge >= 0.3 is 5.97 Å². The van der Waals surface area contributed by atoms with Crippen LogP contribution in [0.5, 0.6) is 0 Å². The van der Waals surface area contributed by atoms with Gasteiger partial charge in [-0.1, -0.05) is 6.08 Å². The Bertz CT molecular complexity index is 241. The van der Waals surface area contributed by atoms with Crippen molar-refractivity contribution in [1.82, 2.24) is 0 Å². The molecule has 0 aromatic rings. The number of carboxylic acids is 1. The van der Waals surface area contributed by atoms with Gasteiger partial charge in [0.15, 0.2) is 5.78 Å². The normalized spacial score (nSPS) is 15.5. The van der Waals surface area contributed by atoms with Gasteiger partial charge in [-0.3, -0.25) is 9.59 Å². The lowest BCUT2D eigenvalue weighted by Crippen LogP contribution is -2.02. The van der Waals surface area contributed by atoms with Crippen LogP contribution in [0.4, 0.5) is 0 Å². The van der Waals surface area contributed by atoms with Crippen LogP contribution in [0.2, 0.25) is 0 Å². The van der Waals surface area contributed by atoms with E-state index in [9.17, 15) is 9.59 Å². The summed E-state index contributed by atoms with van der Waals surface area (Å²) in [5.74, 6) is -0.688. The van der Waals surface area contributed by atoms with E-state index in [0.717, 1.165) is 24.8 Å². The zero-order valence-corrected chi connectivity index (χ0v) is 7.58. The largest absolute Gasteiger partial charge is 0.481 e. The lowest BCUT2D eigenvalue weighted by Gasteiger charge is -1.99. The summed E-state index contributed by atoms with van der Waals surface area (Å²) in [7, 11) is 0. The molecule has 0 bridgehead atoms. The summed E-state index contributed by atoms with van der Waals surface area (Å²) in [5.41, 5.74) is 0.908. The molecule has 0 heterocycles. The van der Waals surface area contributed by atoms with Crippen LogP contribution in [0.3, 0.4) is 0 Å². The van der Waals surface area contributed by atoms with Crippen LogP contribution >= 0.6 is 0 Å². The molecule has 0 aromatic carbocycles. The highest BCUT2D eigenvalue weighted by Gasteiger charge is 2.12. The van der Waals surface area contributed by atoms with Crippen molar-refractivity contribution in [2.45, 2.75) is 38.5 Å². The third-order valence-corrected chi connectivity index (χ3v) is 2.19. The third kappa shape index (κ3) is 3.40. The predicted molar refractivity (Wildman–Crippen MR) is 48.4 cm³/mol. The molecule has 13 heavy (non-hydrogen) atoms. The van der Waals surface area contributed by atoms with Crippen LogP contribution in [0.1, 0.15) is 38.5 Å². The van der Waals surface area contributed by atoms with E-state index in [4.69, 9.17) is 5.11 Å². The van der Waals surface area contributed by atoms with Crippen molar-refractivity contribution in [3.05, 3.63) is 11.6 Å². The second-order valence-electron chi connectivity index (χ2n) is 3.29. The highest BCUT2D eigenvalue weighted by molar-refractivity contribution is 5.95. The Morgan fingerprint density at radius 3 is 2.69 bits per heavy atom. The van der Waals surface area contributed by atoms with Crippen LogP contribution in [-0.2, 0) is 9.59 Å². The number of carbonyl (C=O) groups excluding carboxylic acids is 1. The molecule has 0 amide bonds. The van der Waals surface area contributed by atoms with Crippen molar-refractivity contribution in [1.29, 1.82) is 0 Å². The molecule has 0 spiro atoms. The Labute approximate surface area is 77.4 Å². The zero-order chi connectivity index (χ0) is 9.68. The molecule has 72 valence electrons. The highest BCUT2D eigenvalue weighted by atomic mass is 16.4. The van der Waals surface area contributed by atoms with Crippen molar-refractivity contribution in [2.24, 2.45) is 0 Å². The fourth-order valence-electron chi connectivity index (χ4n) is 1.48. The van der Waals surface area contributed by atoms with Crippen LogP contribution in [0, 0.1) is 0 Å². The first-order valence-electron chi connectivity index (χ1n) is 4.64. The monoisotopic (exact) mass is 182 g/mol. The molecule has 0 saturated heterocycles. The Kier molecular flexibility index (Phi) is 3.68. The van der Waals surface area contributed by atoms with E-state index in [-0.39, 0.29) is 12.2 Å². The Hall–Kier alpha value is -1.12. The van der Waals surface area contributed by atoms with Crippen molar-refractivity contribution in [2.75, 3.05) is 0 Å². The maximum atomic E-state index is 11.4. The standard InChI is InChI=1S/C10H14O3/c11-9(6-3-7-10(12)13)8-4-1-2-5-8/h4H,1-3,5-7H2,(H,12,13). The lowest BCUT2D eigenvalue weighted by atomic mass is 10.1. The highest BCUT2D eigenvalue weighted by Crippen LogP contribution is 2.20. The van der Waals surface area contributed by atoms with Crippen molar-refractivity contribution in [3.8, 4) is 0 Å². The maximum absolute atomic E-state index is 11.4. The molecule has 1 aliphatic carbocycles. The van der Waals surface area contributed by atoms with Gasteiger partial charge in [-0.05, 0) is 31.3 Å². The second kappa shape index (κ2) is 4.80. The summed E-state index contributed by atoms with van der Waals surface area (Å²) >= 11 is 0. The van der Waals surface area contributed by atoms with Gasteiger partial charge in [0.05, 0.1) is 0 Å². The number of rotatable bonds is 5. The maximum Gasteiger partial charge on any atom is 0.303 e. The molecule has 0 saturated carbocycles. The molecular weight excluding hydrogens is 168 g/mol. The Morgan fingerprint density at radius 1 is 1.38 bits per heavy atom. The molecule has 1 rings (SSSR count). The van der Waals surface area contributed by atoms with Gasteiger partial charge < -0.3 is 5.11 Å². The molecule has 0 radical (unpaired) electrons. The van der Waals surface area contributed by atoms with Gasteiger partial charge in [0.2, 0.25) is 0 Å². The van der Waals surface area contributed by atoms with Crippen LogP contribution in [-0.4, -0.2) is 16.9 Å². The molecular formula is C10H14O3. The number of carboxylic acid groups (broad SMARTS) is 1. The van der Waals surface area contributed by atoms with Crippen molar-refractivity contribution < 1.29 is 14.7 Å². The van der Waals surface area contributed by atoms with Gasteiger partial charge in [0.1, 0.15) is 0 Å². The fraction of sp³-hybridized carbons (Fsp3) is 0.600. The number of carbonyl (C=O) groups is 2. The summed E-state index contributed by atoms with van der Waals surface area (Å²) in [4.78, 5) is 21.5. The molecule has 1 aliphatic rings. The predicted octanol–water partition coefficient (Wildman–Crippen LogP) is 1.92.